The Hall–Kier alpha value is -2.83. The minimum absolute atomic E-state index is 0.0514. The van der Waals surface area contributed by atoms with E-state index in [0.717, 1.165) is 18.3 Å². The van der Waals surface area contributed by atoms with Crippen LogP contribution >= 0.6 is 0 Å². The van der Waals surface area contributed by atoms with E-state index in [0.29, 0.717) is 0 Å². The monoisotopic (exact) mass is 320 g/mol. The van der Waals surface area contributed by atoms with E-state index in [9.17, 15) is 18.4 Å². The smallest absolute Gasteiger partial charge is 0.409 e. The Bertz CT molecular complexity index is 758. The van der Waals surface area contributed by atoms with Gasteiger partial charge in [-0.05, 0) is 32.0 Å². The number of pyridine rings is 1. The molecule has 1 aromatic heterocycles. The van der Waals surface area contributed by atoms with Crippen LogP contribution in [0, 0.1) is 11.6 Å². The van der Waals surface area contributed by atoms with Crippen molar-refractivity contribution in [2.75, 3.05) is 0 Å². The fourth-order valence-electron chi connectivity index (χ4n) is 2.13. The van der Waals surface area contributed by atoms with Crippen molar-refractivity contribution in [1.82, 2.24) is 4.98 Å². The molecule has 0 aliphatic carbocycles. The Morgan fingerprint density at radius 1 is 1.17 bits per heavy atom. The maximum atomic E-state index is 13.9. The second kappa shape index (κ2) is 6.12. The molecule has 1 heterocycles. The Labute approximate surface area is 131 Å². The molecule has 1 amide bonds. The fourth-order valence-corrected chi connectivity index (χ4v) is 2.13. The number of nitrogens with two attached hydrogens (primary N) is 1. The van der Waals surface area contributed by atoms with E-state index in [2.05, 4.69) is 9.72 Å². The first-order valence-corrected chi connectivity index (χ1v) is 6.65. The molecular formula is C16H14F2N2O3. The second-order valence-corrected chi connectivity index (χ2v) is 5.38. The summed E-state index contributed by atoms with van der Waals surface area (Å²) in [5.41, 5.74) is 3.73. The largest absolute Gasteiger partial charge is 0.410 e. The normalized spacial score (nSPS) is 11.1. The lowest BCUT2D eigenvalue weighted by Crippen LogP contribution is -2.31. The zero-order valence-electron chi connectivity index (χ0n) is 12.5. The lowest BCUT2D eigenvalue weighted by molar-refractivity contribution is 0.0900. The first-order chi connectivity index (χ1) is 10.7. The summed E-state index contributed by atoms with van der Waals surface area (Å²) >= 11 is 0. The molecule has 0 aliphatic heterocycles. The predicted octanol–water partition coefficient (Wildman–Crippen LogP) is 2.98. The summed E-state index contributed by atoms with van der Waals surface area (Å²) in [5, 5.41) is 0. The van der Waals surface area contributed by atoms with Crippen LogP contribution in [0.4, 0.5) is 13.6 Å². The summed E-state index contributed by atoms with van der Waals surface area (Å²) in [5.74, 6) is -1.91. The number of rotatable bonds is 4. The highest BCUT2D eigenvalue weighted by molar-refractivity contribution is 6.02. The molecule has 0 saturated heterocycles. The van der Waals surface area contributed by atoms with Gasteiger partial charge in [0.15, 0.2) is 11.5 Å². The topological polar surface area (TPSA) is 82.3 Å². The van der Waals surface area contributed by atoms with E-state index in [1.54, 1.807) is 0 Å². The molecule has 0 radical (unpaired) electrons. The van der Waals surface area contributed by atoms with Gasteiger partial charge in [0.25, 0.3) is 0 Å². The van der Waals surface area contributed by atoms with E-state index in [-0.39, 0.29) is 17.0 Å². The van der Waals surface area contributed by atoms with Gasteiger partial charge in [-0.1, -0.05) is 6.07 Å². The SMILES string of the molecule is CC(C)(C(=O)c1ccc(OC(N)=O)cn1)c1ccc(F)cc1F. The maximum absolute atomic E-state index is 13.9. The van der Waals surface area contributed by atoms with Crippen LogP contribution < -0.4 is 10.5 Å². The summed E-state index contributed by atoms with van der Waals surface area (Å²) in [4.78, 5) is 27.1. The highest BCUT2D eigenvalue weighted by Gasteiger charge is 2.34. The van der Waals surface area contributed by atoms with Crippen LogP contribution in [0.3, 0.4) is 0 Å². The van der Waals surface area contributed by atoms with Gasteiger partial charge in [0, 0.05) is 11.6 Å². The number of halogens is 2. The standard InChI is InChI=1S/C16H14F2N2O3/c1-16(2,11-5-3-9(17)7-12(11)18)14(21)13-6-4-10(8-20-13)23-15(19)22/h3-8H,1-2H3,(H2,19,22). The lowest BCUT2D eigenvalue weighted by Gasteiger charge is -2.23. The first kappa shape index (κ1) is 16.5. The summed E-state index contributed by atoms with van der Waals surface area (Å²) in [7, 11) is 0. The number of hydrogen-bond acceptors (Lipinski definition) is 4. The average Bonchev–Trinajstić information content (AvgIpc) is 2.46. The minimum atomic E-state index is -1.25. The molecular weight excluding hydrogens is 306 g/mol. The van der Waals surface area contributed by atoms with Crippen molar-refractivity contribution in [1.29, 1.82) is 0 Å². The summed E-state index contributed by atoms with van der Waals surface area (Å²) in [6, 6.07) is 5.73. The number of ether oxygens (including phenoxy) is 1. The maximum Gasteiger partial charge on any atom is 0.410 e. The van der Waals surface area contributed by atoms with Crippen molar-refractivity contribution < 1.29 is 23.1 Å². The Morgan fingerprint density at radius 2 is 1.87 bits per heavy atom. The second-order valence-electron chi connectivity index (χ2n) is 5.38. The Balaban J connectivity index is 2.32. The van der Waals surface area contributed by atoms with Crippen molar-refractivity contribution in [3.05, 3.63) is 59.4 Å². The van der Waals surface area contributed by atoms with Crippen LogP contribution in [0.5, 0.6) is 5.75 Å². The molecule has 0 spiro atoms. The number of amides is 1. The number of nitrogens with zero attached hydrogens (tertiary/aromatic N) is 1. The van der Waals surface area contributed by atoms with Crippen molar-refractivity contribution in [2.24, 2.45) is 5.73 Å². The first-order valence-electron chi connectivity index (χ1n) is 6.65. The summed E-state index contributed by atoms with van der Waals surface area (Å²) in [6.07, 6.45) is 0.161. The molecule has 2 N–H and O–H groups in total. The Morgan fingerprint density at radius 3 is 2.39 bits per heavy atom. The van der Waals surface area contributed by atoms with Crippen molar-refractivity contribution in [3.8, 4) is 5.75 Å². The van der Waals surface area contributed by atoms with Crippen LogP contribution in [0.2, 0.25) is 0 Å². The molecule has 1 aromatic carbocycles. The van der Waals surface area contributed by atoms with Gasteiger partial charge >= 0.3 is 6.09 Å². The highest BCUT2D eigenvalue weighted by atomic mass is 19.1. The van der Waals surface area contributed by atoms with E-state index < -0.39 is 28.9 Å². The molecule has 0 atom stereocenters. The summed E-state index contributed by atoms with van der Waals surface area (Å²) < 4.78 is 31.6. The molecule has 23 heavy (non-hydrogen) atoms. The van der Waals surface area contributed by atoms with Gasteiger partial charge in [0.2, 0.25) is 0 Å². The zero-order valence-corrected chi connectivity index (χ0v) is 12.5. The van der Waals surface area contributed by atoms with Crippen LogP contribution in [0.1, 0.15) is 29.9 Å². The van der Waals surface area contributed by atoms with Crippen LogP contribution in [-0.4, -0.2) is 16.9 Å². The molecule has 0 fully saturated rings. The molecule has 0 bridgehead atoms. The number of hydrogen-bond donors (Lipinski definition) is 1. The zero-order chi connectivity index (χ0) is 17.2. The van der Waals surface area contributed by atoms with E-state index in [4.69, 9.17) is 5.73 Å². The third-order valence-electron chi connectivity index (χ3n) is 3.36. The lowest BCUT2D eigenvalue weighted by atomic mass is 9.79. The third-order valence-corrected chi connectivity index (χ3v) is 3.36. The number of carbonyl (C=O) groups is 2. The van der Waals surface area contributed by atoms with Gasteiger partial charge in [0.05, 0.1) is 11.6 Å². The molecule has 7 heteroatoms. The van der Waals surface area contributed by atoms with Crippen molar-refractivity contribution in [2.45, 2.75) is 19.3 Å². The quantitative estimate of drug-likeness (QED) is 0.878. The molecule has 0 saturated carbocycles. The Kier molecular flexibility index (Phi) is 4.40. The number of Topliss-reactive ketones (excluding diaryl/α,β-unsaturated/α-hetero) is 1. The van der Waals surface area contributed by atoms with Crippen molar-refractivity contribution >= 4 is 11.9 Å². The molecule has 2 aromatic rings. The van der Waals surface area contributed by atoms with Crippen LogP contribution in [0.25, 0.3) is 0 Å². The summed E-state index contributed by atoms with van der Waals surface area (Å²) in [6.45, 7) is 3.03. The number of benzene rings is 1. The number of ketones is 1. The molecule has 5 nitrogen and oxygen atoms in total. The van der Waals surface area contributed by atoms with Gasteiger partial charge in [-0.25, -0.2) is 18.6 Å². The van der Waals surface area contributed by atoms with Crippen LogP contribution in [0.15, 0.2) is 36.5 Å². The van der Waals surface area contributed by atoms with Gasteiger partial charge in [-0.3, -0.25) is 4.79 Å². The molecule has 0 aliphatic rings. The van der Waals surface area contributed by atoms with E-state index >= 15 is 0 Å². The predicted molar refractivity (Wildman–Crippen MR) is 78.2 cm³/mol. The highest BCUT2D eigenvalue weighted by Crippen LogP contribution is 2.30. The number of primary amides is 1. The van der Waals surface area contributed by atoms with Crippen molar-refractivity contribution in [3.63, 3.8) is 0 Å². The molecule has 0 unspecified atom stereocenters. The molecule has 120 valence electrons. The van der Waals surface area contributed by atoms with E-state index in [1.807, 2.05) is 0 Å². The third kappa shape index (κ3) is 3.50. The number of aromatic nitrogens is 1. The van der Waals surface area contributed by atoms with Gasteiger partial charge in [-0.15, -0.1) is 0 Å². The van der Waals surface area contributed by atoms with Crippen LogP contribution in [-0.2, 0) is 5.41 Å². The minimum Gasteiger partial charge on any atom is -0.409 e. The van der Waals surface area contributed by atoms with E-state index in [1.165, 1.54) is 32.0 Å². The fraction of sp³-hybridized carbons (Fsp3) is 0.188. The molecule has 2 rings (SSSR count). The number of carbonyl (C=O) groups excluding carboxylic acids is 2. The van der Waals surface area contributed by atoms with Gasteiger partial charge in [-0.2, -0.15) is 0 Å². The van der Waals surface area contributed by atoms with Gasteiger partial charge in [0.1, 0.15) is 17.3 Å². The van der Waals surface area contributed by atoms with Gasteiger partial charge < -0.3 is 10.5 Å². The average molecular weight is 320 g/mol.